The number of hydrogen-bond donors (Lipinski definition) is 0. The molecule has 4 aromatic rings. The smallest absolute Gasteiger partial charge is 0.374 e. The lowest BCUT2D eigenvalue weighted by Crippen LogP contribution is -2.09. The second-order valence-electron chi connectivity index (χ2n) is 6.28. The minimum absolute atomic E-state index is 0.00112. The quantitative estimate of drug-likeness (QED) is 0.429. The van der Waals surface area contributed by atoms with Crippen molar-refractivity contribution < 1.29 is 27.9 Å². The molecule has 0 unspecified atom stereocenters. The normalized spacial score (nSPS) is 10.6. The van der Waals surface area contributed by atoms with Crippen molar-refractivity contribution in [1.82, 2.24) is 4.98 Å². The number of benzene rings is 2. The first-order chi connectivity index (χ1) is 14.7. The first-order valence-corrected chi connectivity index (χ1v) is 9.10. The van der Waals surface area contributed by atoms with Crippen LogP contribution >= 0.6 is 0 Å². The maximum Gasteiger partial charge on any atom is 0.374 e. The van der Waals surface area contributed by atoms with E-state index in [-0.39, 0.29) is 12.4 Å². The van der Waals surface area contributed by atoms with Gasteiger partial charge in [0.25, 0.3) is 0 Å². The zero-order valence-corrected chi connectivity index (χ0v) is 16.0. The molecule has 0 bridgehead atoms. The molecule has 0 atom stereocenters. The topological polar surface area (TPSA) is 91.8 Å². The average Bonchev–Trinajstić information content (AvgIpc) is 3.47. The molecule has 0 fully saturated rings. The van der Waals surface area contributed by atoms with Crippen molar-refractivity contribution in [2.45, 2.75) is 6.61 Å². The largest absolute Gasteiger partial charge is 0.463 e. The number of carbonyl (C=O) groups is 2. The fraction of sp³-hybridized carbons (Fsp3) is 0.0870. The van der Waals surface area contributed by atoms with Gasteiger partial charge >= 0.3 is 11.9 Å². The van der Waals surface area contributed by atoms with E-state index < -0.39 is 11.9 Å². The Kier molecular flexibility index (Phi) is 5.43. The molecule has 0 aliphatic carbocycles. The van der Waals surface area contributed by atoms with Crippen LogP contribution in [-0.2, 0) is 16.1 Å². The maximum atomic E-state index is 12.7. The molecule has 2 aromatic heterocycles. The highest BCUT2D eigenvalue weighted by atomic mass is 16.5. The standard InChI is InChI=1S/C23H17NO6/c1-27-23(26)20-16(11-12-28-20)14-29-22(25)18-10-6-5-9-17(18)21-24-13-19(30-21)15-7-3-2-4-8-15/h2-13H,14H2,1H3. The van der Waals surface area contributed by atoms with E-state index in [9.17, 15) is 9.59 Å². The molecule has 2 heterocycles. The molecule has 0 radical (unpaired) electrons. The van der Waals surface area contributed by atoms with Crippen molar-refractivity contribution in [3.63, 3.8) is 0 Å². The van der Waals surface area contributed by atoms with Crippen LogP contribution in [0, 0.1) is 0 Å². The molecule has 0 saturated heterocycles. The summed E-state index contributed by atoms with van der Waals surface area (Å²) in [5, 5.41) is 0. The first kappa shape index (κ1) is 19.2. The van der Waals surface area contributed by atoms with Gasteiger partial charge in [0.2, 0.25) is 11.7 Å². The number of esters is 2. The number of methoxy groups -OCH3 is 1. The minimum Gasteiger partial charge on any atom is -0.463 e. The van der Waals surface area contributed by atoms with Crippen molar-refractivity contribution in [3.05, 3.63) is 90.0 Å². The Morgan fingerprint density at radius 1 is 0.967 bits per heavy atom. The Morgan fingerprint density at radius 2 is 1.73 bits per heavy atom. The number of aromatic nitrogens is 1. The monoisotopic (exact) mass is 403 g/mol. The van der Waals surface area contributed by atoms with Gasteiger partial charge in [0, 0.05) is 11.1 Å². The molecule has 4 rings (SSSR count). The van der Waals surface area contributed by atoms with Crippen LogP contribution in [0.4, 0.5) is 0 Å². The van der Waals surface area contributed by atoms with E-state index in [1.807, 2.05) is 30.3 Å². The van der Waals surface area contributed by atoms with Crippen molar-refractivity contribution in [3.8, 4) is 22.8 Å². The number of nitrogens with zero attached hydrogens (tertiary/aromatic N) is 1. The third-order valence-electron chi connectivity index (χ3n) is 4.42. The molecule has 7 nitrogen and oxygen atoms in total. The number of hydrogen-bond acceptors (Lipinski definition) is 7. The summed E-state index contributed by atoms with van der Waals surface area (Å²) < 4.78 is 21.0. The van der Waals surface area contributed by atoms with E-state index >= 15 is 0 Å². The summed E-state index contributed by atoms with van der Waals surface area (Å²) in [4.78, 5) is 28.7. The van der Waals surface area contributed by atoms with Gasteiger partial charge in [-0.15, -0.1) is 0 Å². The molecular formula is C23H17NO6. The van der Waals surface area contributed by atoms with E-state index in [0.717, 1.165) is 5.56 Å². The molecule has 0 amide bonds. The van der Waals surface area contributed by atoms with Gasteiger partial charge in [-0.1, -0.05) is 42.5 Å². The molecule has 0 saturated carbocycles. The highest BCUT2D eigenvalue weighted by Gasteiger charge is 2.21. The van der Waals surface area contributed by atoms with Crippen LogP contribution in [0.15, 0.2) is 82.0 Å². The minimum atomic E-state index is -0.639. The van der Waals surface area contributed by atoms with Crippen LogP contribution in [0.25, 0.3) is 22.8 Å². The van der Waals surface area contributed by atoms with Crippen LogP contribution in [0.5, 0.6) is 0 Å². The van der Waals surface area contributed by atoms with Gasteiger partial charge in [0.05, 0.1) is 30.7 Å². The SMILES string of the molecule is COC(=O)c1occc1COC(=O)c1ccccc1-c1ncc(-c2ccccc2)o1. The number of carbonyl (C=O) groups excluding carboxylic acids is 2. The summed E-state index contributed by atoms with van der Waals surface area (Å²) in [5.74, 6) is -0.324. The zero-order valence-electron chi connectivity index (χ0n) is 16.0. The molecule has 2 aromatic carbocycles. The second kappa shape index (κ2) is 8.48. The number of oxazole rings is 1. The van der Waals surface area contributed by atoms with Gasteiger partial charge < -0.3 is 18.3 Å². The Morgan fingerprint density at radius 3 is 2.53 bits per heavy atom. The van der Waals surface area contributed by atoms with Crippen molar-refractivity contribution in [1.29, 1.82) is 0 Å². The Hall–Kier alpha value is -4.13. The summed E-state index contributed by atoms with van der Waals surface area (Å²) in [6.07, 6.45) is 2.95. The molecule has 7 heteroatoms. The van der Waals surface area contributed by atoms with Crippen molar-refractivity contribution in [2.75, 3.05) is 7.11 Å². The maximum absolute atomic E-state index is 12.7. The third kappa shape index (κ3) is 3.86. The first-order valence-electron chi connectivity index (χ1n) is 9.10. The second-order valence-corrected chi connectivity index (χ2v) is 6.28. The van der Waals surface area contributed by atoms with Crippen molar-refractivity contribution in [2.24, 2.45) is 0 Å². The summed E-state index contributed by atoms with van der Waals surface area (Å²) in [6, 6.07) is 18.0. The van der Waals surface area contributed by atoms with Crippen LogP contribution < -0.4 is 0 Å². The lowest BCUT2D eigenvalue weighted by atomic mass is 10.1. The fourth-order valence-electron chi connectivity index (χ4n) is 2.92. The Balaban J connectivity index is 1.55. The van der Waals surface area contributed by atoms with Crippen LogP contribution in [0.2, 0.25) is 0 Å². The number of ether oxygens (including phenoxy) is 2. The van der Waals surface area contributed by atoms with E-state index in [4.69, 9.17) is 13.6 Å². The predicted octanol–water partition coefficient (Wildman–Crippen LogP) is 4.75. The summed E-state index contributed by atoms with van der Waals surface area (Å²) in [7, 11) is 1.25. The van der Waals surface area contributed by atoms with Gasteiger partial charge in [-0.25, -0.2) is 14.6 Å². The molecule has 0 N–H and O–H groups in total. The Labute approximate surface area is 171 Å². The van der Waals surface area contributed by atoms with Gasteiger partial charge in [0.1, 0.15) is 6.61 Å². The lowest BCUT2D eigenvalue weighted by molar-refractivity contribution is 0.0454. The fourth-order valence-corrected chi connectivity index (χ4v) is 2.92. The predicted molar refractivity (Wildman–Crippen MR) is 107 cm³/mol. The highest BCUT2D eigenvalue weighted by Crippen LogP contribution is 2.28. The van der Waals surface area contributed by atoms with Crippen LogP contribution in [-0.4, -0.2) is 24.0 Å². The van der Waals surface area contributed by atoms with Crippen LogP contribution in [0.1, 0.15) is 26.5 Å². The molecule has 30 heavy (non-hydrogen) atoms. The summed E-state index contributed by atoms with van der Waals surface area (Å²) in [6.45, 7) is -0.144. The molecule has 0 aliphatic heterocycles. The number of furan rings is 1. The lowest BCUT2D eigenvalue weighted by Gasteiger charge is -2.07. The average molecular weight is 403 g/mol. The van der Waals surface area contributed by atoms with Crippen molar-refractivity contribution >= 4 is 11.9 Å². The van der Waals surface area contributed by atoms with Gasteiger partial charge in [0.15, 0.2) is 5.76 Å². The molecule has 150 valence electrons. The molecule has 0 spiro atoms. The highest BCUT2D eigenvalue weighted by molar-refractivity contribution is 5.96. The summed E-state index contributed by atoms with van der Waals surface area (Å²) in [5.41, 5.74) is 2.09. The van der Waals surface area contributed by atoms with Gasteiger partial charge in [-0.05, 0) is 18.2 Å². The van der Waals surface area contributed by atoms with E-state index in [1.54, 1.807) is 36.5 Å². The zero-order chi connectivity index (χ0) is 20.9. The van der Waals surface area contributed by atoms with Gasteiger partial charge in [-0.3, -0.25) is 0 Å². The Bertz CT molecular complexity index is 1180. The third-order valence-corrected chi connectivity index (χ3v) is 4.42. The van der Waals surface area contributed by atoms with E-state index in [2.05, 4.69) is 9.72 Å². The van der Waals surface area contributed by atoms with Crippen LogP contribution in [0.3, 0.4) is 0 Å². The number of rotatable bonds is 6. The van der Waals surface area contributed by atoms with E-state index in [1.165, 1.54) is 13.4 Å². The van der Waals surface area contributed by atoms with E-state index in [0.29, 0.717) is 28.3 Å². The molecule has 0 aliphatic rings. The summed E-state index contributed by atoms with van der Waals surface area (Å²) >= 11 is 0. The van der Waals surface area contributed by atoms with Gasteiger partial charge in [-0.2, -0.15) is 0 Å². The molecular weight excluding hydrogens is 386 g/mol.